The molecule has 0 heterocycles. The maximum Gasteiger partial charge on any atom is 0.123 e. The molecule has 0 amide bonds. The maximum atomic E-state index is 13.0. The van der Waals surface area contributed by atoms with Crippen LogP contribution in [-0.4, -0.2) is 6.54 Å². The van der Waals surface area contributed by atoms with Crippen molar-refractivity contribution in [1.82, 2.24) is 5.32 Å². The highest BCUT2D eigenvalue weighted by Gasteiger charge is 2.33. The first-order valence-electron chi connectivity index (χ1n) is 6.71. The van der Waals surface area contributed by atoms with Gasteiger partial charge in [-0.1, -0.05) is 26.0 Å². The van der Waals surface area contributed by atoms with Crippen molar-refractivity contribution in [3.05, 3.63) is 35.6 Å². The number of halogens is 1. The van der Waals surface area contributed by atoms with E-state index in [4.69, 9.17) is 0 Å². The first-order valence-corrected chi connectivity index (χ1v) is 6.71. The van der Waals surface area contributed by atoms with Gasteiger partial charge in [0.05, 0.1) is 0 Å². The van der Waals surface area contributed by atoms with Gasteiger partial charge in [0, 0.05) is 6.04 Å². The van der Waals surface area contributed by atoms with Gasteiger partial charge in [0.1, 0.15) is 5.82 Å². The van der Waals surface area contributed by atoms with E-state index in [0.717, 1.165) is 18.9 Å². The molecule has 2 heteroatoms. The summed E-state index contributed by atoms with van der Waals surface area (Å²) in [6, 6.07) is 7.34. The molecule has 2 atom stereocenters. The van der Waals surface area contributed by atoms with Crippen molar-refractivity contribution in [2.45, 2.75) is 39.2 Å². The van der Waals surface area contributed by atoms with Crippen LogP contribution in [0, 0.1) is 17.7 Å². The molecule has 1 aliphatic carbocycles. The molecule has 94 valence electrons. The van der Waals surface area contributed by atoms with Crippen molar-refractivity contribution in [3.63, 3.8) is 0 Å². The van der Waals surface area contributed by atoms with Crippen LogP contribution >= 0.6 is 0 Å². The molecule has 0 bridgehead atoms. The average molecular weight is 235 g/mol. The minimum atomic E-state index is -0.151. The molecule has 0 spiro atoms. The molecule has 1 N–H and O–H groups in total. The van der Waals surface area contributed by atoms with Crippen LogP contribution in [0.5, 0.6) is 0 Å². The fraction of sp³-hybridized carbons (Fsp3) is 0.600. The summed E-state index contributed by atoms with van der Waals surface area (Å²) in [6.07, 6.45) is 3.84. The second kappa shape index (κ2) is 5.63. The Kier molecular flexibility index (Phi) is 4.16. The fourth-order valence-corrected chi connectivity index (χ4v) is 2.47. The fourth-order valence-electron chi connectivity index (χ4n) is 2.47. The average Bonchev–Trinajstić information content (AvgIpc) is 3.15. The highest BCUT2D eigenvalue weighted by Crippen LogP contribution is 2.42. The summed E-state index contributed by atoms with van der Waals surface area (Å²) in [4.78, 5) is 0. The van der Waals surface area contributed by atoms with Gasteiger partial charge in [-0.05, 0) is 55.3 Å². The van der Waals surface area contributed by atoms with Crippen LogP contribution < -0.4 is 5.32 Å². The van der Waals surface area contributed by atoms with Crippen molar-refractivity contribution in [2.24, 2.45) is 11.8 Å². The van der Waals surface area contributed by atoms with Crippen molar-refractivity contribution < 1.29 is 4.39 Å². The van der Waals surface area contributed by atoms with Gasteiger partial charge >= 0.3 is 0 Å². The molecule has 0 aromatic heterocycles. The summed E-state index contributed by atoms with van der Waals surface area (Å²) in [5.74, 6) is 1.35. The van der Waals surface area contributed by atoms with Crippen LogP contribution in [-0.2, 0) is 0 Å². The predicted octanol–water partition coefficient (Wildman–Crippen LogP) is 3.91. The van der Waals surface area contributed by atoms with Crippen LogP contribution in [0.2, 0.25) is 0 Å². The molecule has 1 nitrogen and oxygen atoms in total. The third kappa shape index (κ3) is 3.29. The van der Waals surface area contributed by atoms with E-state index in [0.29, 0.717) is 12.0 Å². The van der Waals surface area contributed by atoms with E-state index in [-0.39, 0.29) is 5.82 Å². The quantitative estimate of drug-likeness (QED) is 0.788. The highest BCUT2D eigenvalue weighted by molar-refractivity contribution is 5.21. The Balaban J connectivity index is 2.10. The number of nitrogens with one attached hydrogen (secondary N) is 1. The molecule has 1 aromatic carbocycles. The third-order valence-electron chi connectivity index (χ3n) is 3.73. The van der Waals surface area contributed by atoms with Crippen LogP contribution in [0.1, 0.15) is 44.7 Å². The molecule has 0 aliphatic heterocycles. The monoisotopic (exact) mass is 235 g/mol. The summed E-state index contributed by atoms with van der Waals surface area (Å²) in [5.41, 5.74) is 1.22. The Hall–Kier alpha value is -0.890. The van der Waals surface area contributed by atoms with Gasteiger partial charge in [-0.3, -0.25) is 0 Å². The lowest BCUT2D eigenvalue weighted by molar-refractivity contribution is 0.349. The van der Waals surface area contributed by atoms with Crippen molar-refractivity contribution in [3.8, 4) is 0 Å². The number of hydrogen-bond donors (Lipinski definition) is 1. The molecule has 0 saturated heterocycles. The van der Waals surface area contributed by atoms with E-state index in [1.54, 1.807) is 12.1 Å². The van der Waals surface area contributed by atoms with Gasteiger partial charge in [-0.25, -0.2) is 4.39 Å². The third-order valence-corrected chi connectivity index (χ3v) is 3.73. The smallest absolute Gasteiger partial charge is 0.123 e. The number of benzene rings is 1. The normalized spacial score (nSPS) is 19.0. The summed E-state index contributed by atoms with van der Waals surface area (Å²) in [7, 11) is 0. The van der Waals surface area contributed by atoms with E-state index < -0.39 is 0 Å². The molecule has 0 radical (unpaired) electrons. The first-order chi connectivity index (χ1) is 8.22. The molecule has 1 aliphatic rings. The Morgan fingerprint density at radius 3 is 2.47 bits per heavy atom. The standard InChI is InChI=1S/C15H22FN/c1-3-10-17-15(11(2)12-4-5-12)13-6-8-14(16)9-7-13/h6-9,11-12,15,17H,3-5,10H2,1-2H3. The van der Waals surface area contributed by atoms with E-state index in [1.165, 1.54) is 18.4 Å². The Labute approximate surface area is 103 Å². The van der Waals surface area contributed by atoms with Crippen molar-refractivity contribution in [1.29, 1.82) is 0 Å². The van der Waals surface area contributed by atoms with Crippen molar-refractivity contribution >= 4 is 0 Å². The zero-order valence-corrected chi connectivity index (χ0v) is 10.7. The molecule has 1 saturated carbocycles. The van der Waals surface area contributed by atoms with E-state index in [2.05, 4.69) is 19.2 Å². The lowest BCUT2D eigenvalue weighted by atomic mass is 9.90. The highest BCUT2D eigenvalue weighted by atomic mass is 19.1. The van der Waals surface area contributed by atoms with E-state index in [1.807, 2.05) is 12.1 Å². The second-order valence-electron chi connectivity index (χ2n) is 5.18. The lowest BCUT2D eigenvalue weighted by Crippen LogP contribution is -2.28. The zero-order chi connectivity index (χ0) is 12.3. The zero-order valence-electron chi connectivity index (χ0n) is 10.7. The number of rotatable bonds is 6. The summed E-state index contributed by atoms with van der Waals surface area (Å²) < 4.78 is 13.0. The molecule has 1 aromatic rings. The molecule has 2 unspecified atom stereocenters. The van der Waals surface area contributed by atoms with Crippen molar-refractivity contribution in [2.75, 3.05) is 6.54 Å². The van der Waals surface area contributed by atoms with Gasteiger partial charge in [-0.2, -0.15) is 0 Å². The second-order valence-corrected chi connectivity index (χ2v) is 5.18. The first kappa shape index (κ1) is 12.6. The van der Waals surface area contributed by atoms with Gasteiger partial charge in [0.2, 0.25) is 0 Å². The lowest BCUT2D eigenvalue weighted by Gasteiger charge is -2.25. The minimum Gasteiger partial charge on any atom is -0.310 e. The van der Waals surface area contributed by atoms with Gasteiger partial charge in [-0.15, -0.1) is 0 Å². The molecule has 2 rings (SSSR count). The molecular weight excluding hydrogens is 213 g/mol. The number of hydrogen-bond acceptors (Lipinski definition) is 1. The van der Waals surface area contributed by atoms with E-state index in [9.17, 15) is 4.39 Å². The molecule has 1 fully saturated rings. The largest absolute Gasteiger partial charge is 0.310 e. The summed E-state index contributed by atoms with van der Waals surface area (Å²) >= 11 is 0. The van der Waals surface area contributed by atoms with Crippen LogP contribution in [0.4, 0.5) is 4.39 Å². The summed E-state index contributed by atoms with van der Waals surface area (Å²) in [6.45, 7) is 5.52. The SMILES string of the molecule is CCCNC(c1ccc(F)cc1)C(C)C1CC1. The van der Waals surface area contributed by atoms with Gasteiger partial charge in [0.15, 0.2) is 0 Å². The van der Waals surface area contributed by atoms with Crippen LogP contribution in [0.3, 0.4) is 0 Å². The van der Waals surface area contributed by atoms with Crippen LogP contribution in [0.15, 0.2) is 24.3 Å². The minimum absolute atomic E-state index is 0.151. The maximum absolute atomic E-state index is 13.0. The van der Waals surface area contributed by atoms with Crippen LogP contribution in [0.25, 0.3) is 0 Å². The molecule has 17 heavy (non-hydrogen) atoms. The topological polar surface area (TPSA) is 12.0 Å². The van der Waals surface area contributed by atoms with Gasteiger partial charge in [0.25, 0.3) is 0 Å². The Morgan fingerprint density at radius 2 is 1.94 bits per heavy atom. The van der Waals surface area contributed by atoms with E-state index >= 15 is 0 Å². The Bertz CT molecular complexity index is 342. The Morgan fingerprint density at radius 1 is 1.29 bits per heavy atom. The predicted molar refractivity (Wildman–Crippen MR) is 69.3 cm³/mol. The summed E-state index contributed by atoms with van der Waals surface area (Å²) in [5, 5.41) is 3.60. The van der Waals surface area contributed by atoms with Gasteiger partial charge < -0.3 is 5.32 Å². The molecular formula is C15H22FN.